The van der Waals surface area contributed by atoms with E-state index >= 15 is 0 Å². The summed E-state index contributed by atoms with van der Waals surface area (Å²) < 4.78 is 4.63. The van der Waals surface area contributed by atoms with Gasteiger partial charge in [-0.1, -0.05) is 13.3 Å². The largest absolute Gasteiger partial charge is 0.459 e. The van der Waals surface area contributed by atoms with E-state index in [1.165, 1.54) is 0 Å². The van der Waals surface area contributed by atoms with Crippen LogP contribution < -0.4 is 0 Å². The first-order chi connectivity index (χ1) is 5.75. The van der Waals surface area contributed by atoms with E-state index in [-0.39, 0.29) is 0 Å². The van der Waals surface area contributed by atoms with Crippen LogP contribution in [0.5, 0.6) is 0 Å². The van der Waals surface area contributed by atoms with Crippen molar-refractivity contribution in [2.45, 2.75) is 32.3 Å². The second kappa shape index (κ2) is 4.26. The molecule has 0 saturated carbocycles. The van der Waals surface area contributed by atoms with Crippen LogP contribution in [-0.2, 0) is 9.53 Å². The Balaban J connectivity index is 2.50. The highest BCUT2D eigenvalue weighted by atomic mass is 16.5. The van der Waals surface area contributed by atoms with Gasteiger partial charge < -0.3 is 9.84 Å². The van der Waals surface area contributed by atoms with Crippen molar-refractivity contribution >= 4 is 5.97 Å². The molecule has 1 heterocycles. The van der Waals surface area contributed by atoms with Crippen LogP contribution in [0.3, 0.4) is 0 Å². The highest BCUT2D eigenvalue weighted by molar-refractivity contribution is 5.79. The molecule has 0 spiro atoms. The number of esters is 1. The van der Waals surface area contributed by atoms with Crippen molar-refractivity contribution in [1.29, 1.82) is 0 Å². The van der Waals surface area contributed by atoms with E-state index in [9.17, 15) is 9.90 Å². The summed E-state index contributed by atoms with van der Waals surface area (Å²) in [5.74, 6) is -0.511. The molecule has 1 atom stereocenters. The van der Waals surface area contributed by atoms with Gasteiger partial charge in [-0.05, 0) is 24.5 Å². The number of hydrogen-bond donors (Lipinski definition) is 1. The van der Waals surface area contributed by atoms with Crippen LogP contribution >= 0.6 is 0 Å². The summed E-state index contributed by atoms with van der Waals surface area (Å²) in [6.07, 6.45) is 3.66. The molecule has 0 amide bonds. The number of unbranched alkanes of at least 4 members (excludes halogenated alkanes) is 1. The maximum absolute atomic E-state index is 10.9. The lowest BCUT2D eigenvalue weighted by Crippen LogP contribution is -2.29. The highest BCUT2D eigenvalue weighted by Gasteiger charge is 2.23. The summed E-state index contributed by atoms with van der Waals surface area (Å²) in [5, 5.41) is 9.32. The second-order valence-corrected chi connectivity index (χ2v) is 2.92. The Labute approximate surface area is 72.0 Å². The fourth-order valence-corrected chi connectivity index (χ4v) is 1.19. The number of hydrogen-bond acceptors (Lipinski definition) is 3. The predicted molar refractivity (Wildman–Crippen MR) is 44.6 cm³/mol. The van der Waals surface area contributed by atoms with E-state index in [4.69, 9.17) is 0 Å². The normalized spacial score (nSPS) is 23.3. The van der Waals surface area contributed by atoms with Crippen LogP contribution in [0.4, 0.5) is 0 Å². The predicted octanol–water partition coefficient (Wildman–Crippen LogP) is 1.02. The molecule has 1 unspecified atom stereocenters. The number of aliphatic hydroxyl groups is 1. The molecule has 0 radical (unpaired) electrons. The third-order valence-corrected chi connectivity index (χ3v) is 1.96. The second-order valence-electron chi connectivity index (χ2n) is 2.92. The Morgan fingerprint density at radius 2 is 2.50 bits per heavy atom. The van der Waals surface area contributed by atoms with E-state index in [0.717, 1.165) is 24.8 Å². The van der Waals surface area contributed by atoms with Crippen molar-refractivity contribution < 1.29 is 14.6 Å². The van der Waals surface area contributed by atoms with Crippen LogP contribution in [-0.4, -0.2) is 23.8 Å². The Morgan fingerprint density at radius 3 is 3.17 bits per heavy atom. The molecule has 0 aromatic rings. The lowest BCUT2D eigenvalue weighted by molar-refractivity contribution is -0.151. The number of aliphatic hydroxyl groups excluding tert-OH is 1. The van der Waals surface area contributed by atoms with Crippen LogP contribution in [0.2, 0.25) is 0 Å². The van der Waals surface area contributed by atoms with Crippen LogP contribution in [0.15, 0.2) is 11.6 Å². The fraction of sp³-hybridized carbons (Fsp3) is 0.667. The zero-order chi connectivity index (χ0) is 8.97. The van der Waals surface area contributed by atoms with Crippen LogP contribution in [0, 0.1) is 0 Å². The first kappa shape index (κ1) is 9.26. The van der Waals surface area contributed by atoms with E-state index in [1.807, 2.05) is 0 Å². The summed E-state index contributed by atoms with van der Waals surface area (Å²) in [4.78, 5) is 10.9. The van der Waals surface area contributed by atoms with Crippen molar-refractivity contribution in [2.24, 2.45) is 0 Å². The van der Waals surface area contributed by atoms with Crippen molar-refractivity contribution in [3.05, 3.63) is 11.6 Å². The van der Waals surface area contributed by atoms with E-state index in [1.54, 1.807) is 6.08 Å². The van der Waals surface area contributed by atoms with Gasteiger partial charge in [0.2, 0.25) is 0 Å². The molecule has 1 N–H and O–H groups in total. The quantitative estimate of drug-likeness (QED) is 0.508. The third kappa shape index (κ3) is 2.08. The van der Waals surface area contributed by atoms with Gasteiger partial charge in [0, 0.05) is 0 Å². The molecule has 0 aromatic carbocycles. The van der Waals surface area contributed by atoms with Crippen molar-refractivity contribution in [2.75, 3.05) is 6.61 Å². The smallest absolute Gasteiger partial charge is 0.339 e. The molecular formula is C9H14O3. The maximum Gasteiger partial charge on any atom is 0.339 e. The van der Waals surface area contributed by atoms with Gasteiger partial charge in [-0.25, -0.2) is 4.79 Å². The first-order valence-corrected chi connectivity index (χ1v) is 4.29. The number of carbonyl (C=O) groups is 1. The minimum Gasteiger partial charge on any atom is -0.459 e. The number of cyclic esters (lactones) is 1. The van der Waals surface area contributed by atoms with Gasteiger partial charge in [-0.3, -0.25) is 0 Å². The number of carbonyl (C=O) groups excluding carboxylic acids is 1. The molecule has 3 nitrogen and oxygen atoms in total. The fourth-order valence-electron chi connectivity index (χ4n) is 1.19. The van der Waals surface area contributed by atoms with E-state index < -0.39 is 12.1 Å². The molecule has 12 heavy (non-hydrogen) atoms. The van der Waals surface area contributed by atoms with Crippen LogP contribution in [0.25, 0.3) is 0 Å². The van der Waals surface area contributed by atoms with Gasteiger partial charge in [-0.2, -0.15) is 0 Å². The minimum absolute atomic E-state index is 0.314. The van der Waals surface area contributed by atoms with Gasteiger partial charge >= 0.3 is 5.97 Å². The molecule has 1 aliphatic rings. The highest BCUT2D eigenvalue weighted by Crippen LogP contribution is 2.16. The molecule has 0 fully saturated rings. The van der Waals surface area contributed by atoms with Gasteiger partial charge in [0.25, 0.3) is 0 Å². The topological polar surface area (TPSA) is 46.5 Å². The number of rotatable bonds is 3. The average Bonchev–Trinajstić information content (AvgIpc) is 2.08. The van der Waals surface area contributed by atoms with Crippen molar-refractivity contribution in [3.63, 3.8) is 0 Å². The summed E-state index contributed by atoms with van der Waals surface area (Å²) in [7, 11) is 0. The summed E-state index contributed by atoms with van der Waals surface area (Å²) >= 11 is 0. The van der Waals surface area contributed by atoms with Gasteiger partial charge in [-0.15, -0.1) is 0 Å². The van der Waals surface area contributed by atoms with Gasteiger partial charge in [0.1, 0.15) is 6.61 Å². The average molecular weight is 170 g/mol. The minimum atomic E-state index is -1.01. The summed E-state index contributed by atoms with van der Waals surface area (Å²) in [5.41, 5.74) is 0.813. The Bertz CT molecular complexity index is 196. The van der Waals surface area contributed by atoms with Gasteiger partial charge in [0.15, 0.2) is 6.10 Å². The summed E-state index contributed by atoms with van der Waals surface area (Å²) in [6.45, 7) is 2.39. The number of ether oxygens (including phenoxy) is 1. The third-order valence-electron chi connectivity index (χ3n) is 1.96. The Morgan fingerprint density at radius 1 is 1.75 bits per heavy atom. The maximum atomic E-state index is 10.9. The molecule has 3 heteroatoms. The van der Waals surface area contributed by atoms with E-state index in [2.05, 4.69) is 11.7 Å². The molecule has 0 saturated heterocycles. The molecule has 68 valence electrons. The monoisotopic (exact) mass is 170 g/mol. The molecule has 1 rings (SSSR count). The lowest BCUT2D eigenvalue weighted by Gasteiger charge is -2.18. The zero-order valence-corrected chi connectivity index (χ0v) is 7.25. The standard InChI is InChI=1S/C9H14O3/c1-2-3-4-7-5-6-12-9(11)8(7)10/h5,8,10H,2-4,6H2,1H3. The molecule has 0 aliphatic carbocycles. The first-order valence-electron chi connectivity index (χ1n) is 4.29. The summed E-state index contributed by atoms with van der Waals surface area (Å²) in [6, 6.07) is 0. The van der Waals surface area contributed by atoms with Crippen molar-refractivity contribution in [3.8, 4) is 0 Å². The van der Waals surface area contributed by atoms with Crippen molar-refractivity contribution in [1.82, 2.24) is 0 Å². The molecule has 0 bridgehead atoms. The van der Waals surface area contributed by atoms with E-state index in [0.29, 0.717) is 6.61 Å². The zero-order valence-electron chi connectivity index (χ0n) is 7.25. The Hall–Kier alpha value is -0.830. The molecular weight excluding hydrogens is 156 g/mol. The SMILES string of the molecule is CCCCC1=CCOC(=O)C1O. The lowest BCUT2D eigenvalue weighted by atomic mass is 10.0. The van der Waals surface area contributed by atoms with Crippen LogP contribution in [0.1, 0.15) is 26.2 Å². The Kier molecular flexibility index (Phi) is 3.29. The molecule has 1 aliphatic heterocycles. The molecule has 0 aromatic heterocycles. The van der Waals surface area contributed by atoms with Gasteiger partial charge in [0.05, 0.1) is 0 Å².